The van der Waals surface area contributed by atoms with Crippen LogP contribution in [-0.2, 0) is 17.5 Å². The minimum atomic E-state index is -4.37. The van der Waals surface area contributed by atoms with Crippen LogP contribution in [0.4, 0.5) is 13.2 Å². The van der Waals surface area contributed by atoms with Crippen LogP contribution in [0.3, 0.4) is 0 Å². The maximum Gasteiger partial charge on any atom is 0.416 e. The number of nitrogens with one attached hydrogen (secondary N) is 1. The molecule has 1 aromatic carbocycles. The number of carbonyl (C=O) groups excluding carboxylic acids is 1. The Balaban J connectivity index is 2.61. The number of hydrogen-bond acceptors (Lipinski definition) is 2. The monoisotopic (exact) mass is 260 g/mol. The number of alkyl halides is 3. The zero-order chi connectivity index (χ0) is 13.8. The minimum Gasteiger partial charge on any atom is -0.352 e. The van der Waals surface area contributed by atoms with Gasteiger partial charge in [0, 0.05) is 19.0 Å². The fourth-order valence-corrected chi connectivity index (χ4v) is 1.42. The Kier molecular flexibility index (Phi) is 4.72. The van der Waals surface area contributed by atoms with Gasteiger partial charge in [-0.3, -0.25) is 4.79 Å². The molecule has 1 aromatic rings. The summed E-state index contributed by atoms with van der Waals surface area (Å²) in [7, 11) is 0. The SMILES string of the molecule is CC(N)CC(=O)NCc1cccc(C(F)(F)F)c1. The highest BCUT2D eigenvalue weighted by Crippen LogP contribution is 2.29. The van der Waals surface area contributed by atoms with E-state index in [0.29, 0.717) is 5.56 Å². The van der Waals surface area contributed by atoms with Crippen LogP contribution in [0.2, 0.25) is 0 Å². The van der Waals surface area contributed by atoms with E-state index in [1.165, 1.54) is 12.1 Å². The van der Waals surface area contributed by atoms with Crippen LogP contribution >= 0.6 is 0 Å². The maximum absolute atomic E-state index is 12.4. The Hall–Kier alpha value is -1.56. The summed E-state index contributed by atoms with van der Waals surface area (Å²) < 4.78 is 37.3. The number of halogens is 3. The third-order valence-corrected chi connectivity index (χ3v) is 2.25. The van der Waals surface area contributed by atoms with E-state index in [2.05, 4.69) is 5.32 Å². The van der Waals surface area contributed by atoms with Gasteiger partial charge in [-0.05, 0) is 24.6 Å². The standard InChI is InChI=1S/C12H15F3N2O/c1-8(16)5-11(18)17-7-9-3-2-4-10(6-9)12(13,14)15/h2-4,6,8H,5,7,16H2,1H3,(H,17,18). The van der Waals surface area contributed by atoms with Crippen LogP contribution in [0.1, 0.15) is 24.5 Å². The molecule has 1 rings (SSSR count). The predicted molar refractivity (Wildman–Crippen MR) is 61.6 cm³/mol. The molecule has 0 aliphatic rings. The molecule has 0 radical (unpaired) electrons. The maximum atomic E-state index is 12.4. The van der Waals surface area contributed by atoms with E-state index >= 15 is 0 Å². The van der Waals surface area contributed by atoms with Crippen LogP contribution in [0, 0.1) is 0 Å². The second-order valence-corrected chi connectivity index (χ2v) is 4.16. The summed E-state index contributed by atoms with van der Waals surface area (Å²) in [5, 5.41) is 2.52. The van der Waals surface area contributed by atoms with Crippen molar-refractivity contribution < 1.29 is 18.0 Å². The fraction of sp³-hybridized carbons (Fsp3) is 0.417. The first-order chi connectivity index (χ1) is 8.29. The zero-order valence-corrected chi connectivity index (χ0v) is 9.92. The van der Waals surface area contributed by atoms with Gasteiger partial charge in [0.05, 0.1) is 5.56 Å². The lowest BCUT2D eigenvalue weighted by Gasteiger charge is -2.10. The second-order valence-electron chi connectivity index (χ2n) is 4.16. The molecule has 18 heavy (non-hydrogen) atoms. The molecule has 0 fully saturated rings. The molecule has 0 aliphatic carbocycles. The Morgan fingerprint density at radius 2 is 2.11 bits per heavy atom. The fourth-order valence-electron chi connectivity index (χ4n) is 1.42. The topological polar surface area (TPSA) is 55.1 Å². The van der Waals surface area contributed by atoms with Crippen molar-refractivity contribution in [2.45, 2.75) is 32.1 Å². The molecule has 0 saturated heterocycles. The molecule has 0 aromatic heterocycles. The molecule has 0 bridgehead atoms. The van der Waals surface area contributed by atoms with Gasteiger partial charge in [0.25, 0.3) is 0 Å². The van der Waals surface area contributed by atoms with Crippen molar-refractivity contribution in [3.63, 3.8) is 0 Å². The van der Waals surface area contributed by atoms with Crippen molar-refractivity contribution in [1.29, 1.82) is 0 Å². The van der Waals surface area contributed by atoms with Gasteiger partial charge in [0.2, 0.25) is 5.91 Å². The summed E-state index contributed by atoms with van der Waals surface area (Å²) in [6.07, 6.45) is -4.22. The van der Waals surface area contributed by atoms with E-state index in [0.717, 1.165) is 12.1 Å². The van der Waals surface area contributed by atoms with Crippen molar-refractivity contribution in [2.24, 2.45) is 5.73 Å². The van der Waals surface area contributed by atoms with Gasteiger partial charge in [-0.1, -0.05) is 12.1 Å². The first kappa shape index (κ1) is 14.5. The lowest BCUT2D eigenvalue weighted by molar-refractivity contribution is -0.137. The summed E-state index contributed by atoms with van der Waals surface area (Å²) in [5.74, 6) is -0.276. The molecule has 3 nitrogen and oxygen atoms in total. The van der Waals surface area contributed by atoms with E-state index in [4.69, 9.17) is 5.73 Å². The first-order valence-electron chi connectivity index (χ1n) is 5.47. The van der Waals surface area contributed by atoms with Gasteiger partial charge < -0.3 is 11.1 Å². The van der Waals surface area contributed by atoms with Crippen molar-refractivity contribution in [1.82, 2.24) is 5.32 Å². The minimum absolute atomic E-state index is 0.0650. The van der Waals surface area contributed by atoms with Crippen LogP contribution in [0.25, 0.3) is 0 Å². The Labute approximate surface area is 103 Å². The normalized spacial score (nSPS) is 13.2. The van der Waals surface area contributed by atoms with E-state index in [1.807, 2.05) is 0 Å². The number of benzene rings is 1. The highest BCUT2D eigenvalue weighted by molar-refractivity contribution is 5.76. The lowest BCUT2D eigenvalue weighted by atomic mass is 10.1. The smallest absolute Gasteiger partial charge is 0.352 e. The van der Waals surface area contributed by atoms with Crippen molar-refractivity contribution >= 4 is 5.91 Å². The summed E-state index contributed by atoms with van der Waals surface area (Å²) in [6.45, 7) is 1.75. The average Bonchev–Trinajstić information content (AvgIpc) is 2.25. The molecule has 6 heteroatoms. The molecule has 100 valence electrons. The van der Waals surface area contributed by atoms with Gasteiger partial charge in [-0.25, -0.2) is 0 Å². The van der Waals surface area contributed by atoms with Crippen LogP contribution < -0.4 is 11.1 Å². The molecular formula is C12H15F3N2O. The van der Waals surface area contributed by atoms with Gasteiger partial charge >= 0.3 is 6.18 Å². The first-order valence-corrected chi connectivity index (χ1v) is 5.47. The van der Waals surface area contributed by atoms with Crippen molar-refractivity contribution in [3.8, 4) is 0 Å². The third kappa shape index (κ3) is 4.75. The summed E-state index contributed by atoms with van der Waals surface area (Å²) in [6, 6.07) is 4.59. The van der Waals surface area contributed by atoms with Gasteiger partial charge in [-0.2, -0.15) is 13.2 Å². The Morgan fingerprint density at radius 3 is 2.67 bits per heavy atom. The summed E-state index contributed by atoms with van der Waals surface area (Å²) in [4.78, 5) is 11.3. The quantitative estimate of drug-likeness (QED) is 0.870. The Morgan fingerprint density at radius 1 is 1.44 bits per heavy atom. The van der Waals surface area contributed by atoms with Crippen LogP contribution in [0.5, 0.6) is 0 Å². The van der Waals surface area contributed by atoms with Gasteiger partial charge in [-0.15, -0.1) is 0 Å². The number of carbonyl (C=O) groups is 1. The number of amides is 1. The lowest BCUT2D eigenvalue weighted by Crippen LogP contribution is -2.29. The van der Waals surface area contributed by atoms with E-state index in [1.54, 1.807) is 6.92 Å². The molecular weight excluding hydrogens is 245 g/mol. The molecule has 1 unspecified atom stereocenters. The molecule has 0 spiro atoms. The zero-order valence-electron chi connectivity index (χ0n) is 9.92. The highest BCUT2D eigenvalue weighted by Gasteiger charge is 2.30. The number of nitrogens with two attached hydrogens (primary N) is 1. The molecule has 0 aliphatic heterocycles. The molecule has 3 N–H and O–H groups in total. The molecule has 0 heterocycles. The van der Waals surface area contributed by atoms with E-state index in [9.17, 15) is 18.0 Å². The summed E-state index contributed by atoms with van der Waals surface area (Å²) in [5.41, 5.74) is 5.12. The van der Waals surface area contributed by atoms with Crippen molar-refractivity contribution in [3.05, 3.63) is 35.4 Å². The van der Waals surface area contributed by atoms with Crippen molar-refractivity contribution in [2.75, 3.05) is 0 Å². The van der Waals surface area contributed by atoms with E-state index < -0.39 is 11.7 Å². The third-order valence-electron chi connectivity index (χ3n) is 2.25. The second kappa shape index (κ2) is 5.86. The summed E-state index contributed by atoms with van der Waals surface area (Å²) >= 11 is 0. The average molecular weight is 260 g/mol. The number of rotatable bonds is 4. The van der Waals surface area contributed by atoms with E-state index in [-0.39, 0.29) is 24.9 Å². The van der Waals surface area contributed by atoms with Crippen LogP contribution in [-0.4, -0.2) is 11.9 Å². The molecule has 0 saturated carbocycles. The Bertz CT molecular complexity index is 416. The molecule has 1 atom stereocenters. The van der Waals surface area contributed by atoms with Crippen LogP contribution in [0.15, 0.2) is 24.3 Å². The predicted octanol–water partition coefficient (Wildman–Crippen LogP) is 2.06. The van der Waals surface area contributed by atoms with Gasteiger partial charge in [0.1, 0.15) is 0 Å². The highest BCUT2D eigenvalue weighted by atomic mass is 19.4. The number of hydrogen-bond donors (Lipinski definition) is 2. The van der Waals surface area contributed by atoms with Gasteiger partial charge in [0.15, 0.2) is 0 Å². The largest absolute Gasteiger partial charge is 0.416 e. The molecule has 1 amide bonds.